The van der Waals surface area contributed by atoms with Gasteiger partial charge in [-0.05, 0) is 30.2 Å². The van der Waals surface area contributed by atoms with Crippen molar-refractivity contribution >= 4 is 29.0 Å². The molecule has 0 bridgehead atoms. The molecule has 7 heteroatoms. The first-order valence-corrected chi connectivity index (χ1v) is 7.33. The van der Waals surface area contributed by atoms with Crippen molar-refractivity contribution in [1.29, 1.82) is 0 Å². The lowest BCUT2D eigenvalue weighted by atomic mass is 10.2. The van der Waals surface area contributed by atoms with Crippen LogP contribution in [0.25, 0.3) is 0 Å². The van der Waals surface area contributed by atoms with Crippen molar-refractivity contribution in [1.82, 2.24) is 10.3 Å². The average Bonchev–Trinajstić information content (AvgIpc) is 2.53. The van der Waals surface area contributed by atoms with Gasteiger partial charge in [0.05, 0.1) is 5.69 Å². The number of rotatable bonds is 5. The molecule has 23 heavy (non-hydrogen) atoms. The maximum absolute atomic E-state index is 11.7. The number of anilines is 2. The van der Waals surface area contributed by atoms with Crippen LogP contribution in [0.4, 0.5) is 27.8 Å². The number of aromatic nitrogens is 1. The lowest BCUT2D eigenvalue weighted by Gasteiger charge is -2.09. The monoisotopic (exact) mass is 312 g/mol. The standard InChI is InChI=1S/C16H20N6O/c1-11(2)10-18-16(23)20-14-9-8-13(15(17)19-14)22-21-12-6-4-3-5-7-12/h3-9,11H,10H2,1-2H3,(H4,17,18,19,20,23). The second-order valence-corrected chi connectivity index (χ2v) is 5.37. The summed E-state index contributed by atoms with van der Waals surface area (Å²) in [6.45, 7) is 4.62. The molecule has 1 aromatic heterocycles. The Bertz CT molecular complexity index is 684. The highest BCUT2D eigenvalue weighted by Crippen LogP contribution is 2.24. The molecule has 0 aliphatic carbocycles. The number of nitrogen functional groups attached to an aromatic ring is 1. The van der Waals surface area contributed by atoms with Gasteiger partial charge in [0.25, 0.3) is 0 Å². The van der Waals surface area contributed by atoms with E-state index in [-0.39, 0.29) is 11.8 Å². The Kier molecular flexibility index (Phi) is 5.62. The Labute approximate surface area is 135 Å². The van der Waals surface area contributed by atoms with Gasteiger partial charge < -0.3 is 11.1 Å². The number of urea groups is 1. The summed E-state index contributed by atoms with van der Waals surface area (Å²) in [6.07, 6.45) is 0. The van der Waals surface area contributed by atoms with E-state index in [9.17, 15) is 4.79 Å². The number of nitrogens with two attached hydrogens (primary N) is 1. The minimum Gasteiger partial charge on any atom is -0.382 e. The lowest BCUT2D eigenvalue weighted by molar-refractivity contribution is 0.251. The van der Waals surface area contributed by atoms with Crippen LogP contribution in [-0.4, -0.2) is 17.6 Å². The van der Waals surface area contributed by atoms with E-state index in [1.807, 2.05) is 44.2 Å². The summed E-state index contributed by atoms with van der Waals surface area (Å²) in [5.41, 5.74) is 7.02. The second-order valence-electron chi connectivity index (χ2n) is 5.37. The van der Waals surface area contributed by atoms with Crippen LogP contribution in [0.5, 0.6) is 0 Å². The van der Waals surface area contributed by atoms with Crippen LogP contribution >= 0.6 is 0 Å². The number of nitrogens with zero attached hydrogens (tertiary/aromatic N) is 3. The lowest BCUT2D eigenvalue weighted by Crippen LogP contribution is -2.31. The minimum atomic E-state index is -0.315. The van der Waals surface area contributed by atoms with Crippen molar-refractivity contribution in [3.05, 3.63) is 42.5 Å². The summed E-state index contributed by atoms with van der Waals surface area (Å²) < 4.78 is 0. The van der Waals surface area contributed by atoms with Gasteiger partial charge >= 0.3 is 6.03 Å². The van der Waals surface area contributed by atoms with Crippen LogP contribution in [0, 0.1) is 5.92 Å². The van der Waals surface area contributed by atoms with Gasteiger partial charge in [-0.3, -0.25) is 5.32 Å². The molecule has 0 fully saturated rings. The average molecular weight is 312 g/mol. The Morgan fingerprint density at radius 3 is 2.57 bits per heavy atom. The largest absolute Gasteiger partial charge is 0.382 e. The molecule has 0 aliphatic rings. The molecule has 4 N–H and O–H groups in total. The number of carbonyl (C=O) groups excluding carboxylic acids is 1. The fourth-order valence-electron chi connectivity index (χ4n) is 1.69. The molecule has 0 unspecified atom stereocenters. The van der Waals surface area contributed by atoms with E-state index in [2.05, 4.69) is 25.8 Å². The van der Waals surface area contributed by atoms with Gasteiger partial charge in [0, 0.05) is 6.54 Å². The van der Waals surface area contributed by atoms with Crippen molar-refractivity contribution in [3.63, 3.8) is 0 Å². The molecule has 0 saturated carbocycles. The molecule has 1 aromatic carbocycles. The van der Waals surface area contributed by atoms with E-state index in [0.717, 1.165) is 5.69 Å². The summed E-state index contributed by atoms with van der Waals surface area (Å²) in [5, 5.41) is 13.5. The summed E-state index contributed by atoms with van der Waals surface area (Å²) in [7, 11) is 0. The zero-order chi connectivity index (χ0) is 16.7. The van der Waals surface area contributed by atoms with Gasteiger partial charge in [-0.2, -0.15) is 5.11 Å². The molecule has 2 amide bonds. The van der Waals surface area contributed by atoms with E-state index in [0.29, 0.717) is 24.0 Å². The number of nitrogens with one attached hydrogen (secondary N) is 2. The number of pyridine rings is 1. The highest BCUT2D eigenvalue weighted by atomic mass is 16.2. The molecule has 120 valence electrons. The predicted molar refractivity (Wildman–Crippen MR) is 91.1 cm³/mol. The first kappa shape index (κ1) is 16.4. The first-order valence-electron chi connectivity index (χ1n) is 7.33. The number of azo groups is 1. The zero-order valence-corrected chi connectivity index (χ0v) is 13.2. The first-order chi connectivity index (χ1) is 11.0. The molecule has 1 heterocycles. The SMILES string of the molecule is CC(C)CNC(=O)Nc1ccc(N=Nc2ccccc2)c(N)n1. The third-order valence-corrected chi connectivity index (χ3v) is 2.84. The maximum atomic E-state index is 11.7. The van der Waals surface area contributed by atoms with Crippen LogP contribution in [0.15, 0.2) is 52.7 Å². The normalized spacial score (nSPS) is 10.9. The van der Waals surface area contributed by atoms with E-state index < -0.39 is 0 Å². The van der Waals surface area contributed by atoms with Gasteiger partial charge in [-0.15, -0.1) is 5.11 Å². The Hall–Kier alpha value is -2.96. The van der Waals surface area contributed by atoms with E-state index in [4.69, 9.17) is 5.73 Å². The molecule has 7 nitrogen and oxygen atoms in total. The Balaban J connectivity index is 2.00. The molecule has 0 radical (unpaired) electrons. The summed E-state index contributed by atoms with van der Waals surface area (Å²) in [4.78, 5) is 15.8. The molecule has 2 rings (SSSR count). The summed E-state index contributed by atoms with van der Waals surface area (Å²) >= 11 is 0. The summed E-state index contributed by atoms with van der Waals surface area (Å²) in [5.74, 6) is 0.938. The van der Waals surface area contributed by atoms with Gasteiger partial charge in [-0.1, -0.05) is 32.0 Å². The molecule has 0 aliphatic heterocycles. The highest BCUT2D eigenvalue weighted by molar-refractivity contribution is 5.88. The van der Waals surface area contributed by atoms with Crippen molar-refractivity contribution < 1.29 is 4.79 Å². The quantitative estimate of drug-likeness (QED) is 0.730. The van der Waals surface area contributed by atoms with Crippen LogP contribution in [0.3, 0.4) is 0 Å². The fourth-order valence-corrected chi connectivity index (χ4v) is 1.69. The van der Waals surface area contributed by atoms with Crippen LogP contribution in [0.1, 0.15) is 13.8 Å². The van der Waals surface area contributed by atoms with Crippen molar-refractivity contribution in [2.75, 3.05) is 17.6 Å². The van der Waals surface area contributed by atoms with Gasteiger partial charge in [0.1, 0.15) is 11.5 Å². The summed E-state index contributed by atoms with van der Waals surface area (Å²) in [6, 6.07) is 12.3. The Morgan fingerprint density at radius 2 is 1.91 bits per heavy atom. The van der Waals surface area contributed by atoms with E-state index >= 15 is 0 Å². The van der Waals surface area contributed by atoms with E-state index in [1.54, 1.807) is 12.1 Å². The van der Waals surface area contributed by atoms with Gasteiger partial charge in [0.2, 0.25) is 0 Å². The number of benzene rings is 1. The third-order valence-electron chi connectivity index (χ3n) is 2.84. The Morgan fingerprint density at radius 1 is 1.17 bits per heavy atom. The van der Waals surface area contributed by atoms with Crippen LogP contribution < -0.4 is 16.4 Å². The topological polar surface area (TPSA) is 105 Å². The van der Waals surface area contributed by atoms with Gasteiger partial charge in [0.15, 0.2) is 5.82 Å². The number of carbonyl (C=O) groups is 1. The molecule has 0 saturated heterocycles. The third kappa shape index (κ3) is 5.39. The minimum absolute atomic E-state index is 0.200. The second kappa shape index (κ2) is 7.88. The highest BCUT2D eigenvalue weighted by Gasteiger charge is 2.06. The van der Waals surface area contributed by atoms with Crippen LogP contribution in [0.2, 0.25) is 0 Å². The molecule has 0 atom stereocenters. The van der Waals surface area contributed by atoms with Crippen molar-refractivity contribution in [2.24, 2.45) is 16.1 Å². The number of hydrogen-bond acceptors (Lipinski definition) is 5. The molecule has 0 spiro atoms. The van der Waals surface area contributed by atoms with Crippen molar-refractivity contribution in [3.8, 4) is 0 Å². The van der Waals surface area contributed by atoms with E-state index in [1.165, 1.54) is 0 Å². The molecular weight excluding hydrogens is 292 g/mol. The van der Waals surface area contributed by atoms with Gasteiger partial charge in [-0.25, -0.2) is 9.78 Å². The van der Waals surface area contributed by atoms with Crippen LogP contribution in [-0.2, 0) is 0 Å². The number of hydrogen-bond donors (Lipinski definition) is 3. The molecule has 2 aromatic rings. The smallest absolute Gasteiger partial charge is 0.320 e. The zero-order valence-electron chi connectivity index (χ0n) is 13.2. The number of amides is 2. The maximum Gasteiger partial charge on any atom is 0.320 e. The predicted octanol–water partition coefficient (Wildman–Crippen LogP) is 3.86. The fraction of sp³-hybridized carbons (Fsp3) is 0.250. The van der Waals surface area contributed by atoms with Crippen molar-refractivity contribution in [2.45, 2.75) is 13.8 Å². The molecular formula is C16H20N6O.